The summed E-state index contributed by atoms with van der Waals surface area (Å²) >= 11 is 0. The van der Waals surface area contributed by atoms with E-state index in [9.17, 15) is 8.78 Å². The Morgan fingerprint density at radius 1 is 0.962 bits per heavy atom. The molecule has 2 aromatic carbocycles. The van der Waals surface area contributed by atoms with E-state index >= 15 is 0 Å². The van der Waals surface area contributed by atoms with E-state index in [1.807, 2.05) is 48.6 Å². The third-order valence-electron chi connectivity index (χ3n) is 4.37. The Balaban J connectivity index is 1.59. The van der Waals surface area contributed by atoms with Crippen molar-refractivity contribution in [1.82, 2.24) is 4.98 Å². The minimum absolute atomic E-state index is 0.341. The molecule has 0 saturated heterocycles. The molecule has 0 aliphatic carbocycles. The number of aliphatic imine (C=N–C) groups is 1. The second-order valence-corrected chi connectivity index (χ2v) is 6.19. The van der Waals surface area contributed by atoms with Crippen LogP contribution in [0.25, 0.3) is 6.08 Å². The van der Waals surface area contributed by atoms with E-state index in [1.54, 1.807) is 6.20 Å². The van der Waals surface area contributed by atoms with Crippen molar-refractivity contribution in [3.63, 3.8) is 0 Å². The van der Waals surface area contributed by atoms with Crippen molar-refractivity contribution in [3.05, 3.63) is 106 Å². The Morgan fingerprint density at radius 2 is 1.88 bits per heavy atom. The van der Waals surface area contributed by atoms with Crippen molar-refractivity contribution in [2.45, 2.75) is 13.0 Å². The molecule has 3 aromatic rings. The minimum atomic E-state index is -0.428. The molecule has 0 unspecified atom stereocenters. The van der Waals surface area contributed by atoms with Crippen molar-refractivity contribution < 1.29 is 8.78 Å². The summed E-state index contributed by atoms with van der Waals surface area (Å²) in [5.74, 6) is -0.820. The molecule has 0 atom stereocenters. The summed E-state index contributed by atoms with van der Waals surface area (Å²) in [5, 5.41) is 0. The first-order valence-corrected chi connectivity index (χ1v) is 8.39. The van der Waals surface area contributed by atoms with Gasteiger partial charge in [-0.3, -0.25) is 9.98 Å². The Bertz CT molecular complexity index is 1010. The van der Waals surface area contributed by atoms with Crippen molar-refractivity contribution >= 4 is 11.8 Å². The summed E-state index contributed by atoms with van der Waals surface area (Å²) in [4.78, 5) is 8.83. The predicted molar refractivity (Wildman–Crippen MR) is 99.1 cm³/mol. The lowest BCUT2D eigenvalue weighted by molar-refractivity contribution is 0.588. The van der Waals surface area contributed by atoms with Gasteiger partial charge in [0.1, 0.15) is 11.6 Å². The Kier molecular flexibility index (Phi) is 4.40. The molecule has 0 bridgehead atoms. The van der Waals surface area contributed by atoms with Crippen LogP contribution < -0.4 is 0 Å². The Hall–Kier alpha value is -3.14. The quantitative estimate of drug-likeness (QED) is 0.655. The van der Waals surface area contributed by atoms with Crippen molar-refractivity contribution in [1.29, 1.82) is 0 Å². The van der Waals surface area contributed by atoms with Gasteiger partial charge in [0.2, 0.25) is 0 Å². The molecule has 26 heavy (non-hydrogen) atoms. The zero-order valence-electron chi connectivity index (χ0n) is 14.0. The first-order valence-electron chi connectivity index (χ1n) is 8.39. The lowest BCUT2D eigenvalue weighted by Crippen LogP contribution is -1.99. The van der Waals surface area contributed by atoms with E-state index in [0.29, 0.717) is 18.5 Å². The van der Waals surface area contributed by atoms with E-state index in [0.717, 1.165) is 34.2 Å². The summed E-state index contributed by atoms with van der Waals surface area (Å²) in [5.41, 5.74) is 5.19. The average molecular weight is 346 g/mol. The molecule has 0 saturated carbocycles. The highest BCUT2D eigenvalue weighted by Gasteiger charge is 2.15. The highest BCUT2D eigenvalue weighted by molar-refractivity contribution is 6.13. The number of halogens is 2. The van der Waals surface area contributed by atoms with Gasteiger partial charge in [0.05, 0.1) is 18.0 Å². The van der Waals surface area contributed by atoms with Crippen LogP contribution in [0.1, 0.15) is 27.9 Å². The van der Waals surface area contributed by atoms with Gasteiger partial charge in [-0.15, -0.1) is 0 Å². The fourth-order valence-electron chi connectivity index (χ4n) is 3.05. The number of allylic oxidation sites excluding steroid dienone is 1. The molecule has 0 fully saturated rings. The van der Waals surface area contributed by atoms with E-state index in [4.69, 9.17) is 0 Å². The largest absolute Gasteiger partial charge is 0.280 e. The monoisotopic (exact) mass is 346 g/mol. The molecule has 2 nitrogen and oxygen atoms in total. The van der Waals surface area contributed by atoms with Crippen LogP contribution >= 0.6 is 0 Å². The second kappa shape index (κ2) is 7.00. The van der Waals surface area contributed by atoms with Gasteiger partial charge in [-0.05, 0) is 65.2 Å². The molecule has 0 radical (unpaired) electrons. The fourth-order valence-corrected chi connectivity index (χ4v) is 3.05. The molecular weight excluding hydrogens is 330 g/mol. The molecule has 128 valence electrons. The van der Waals surface area contributed by atoms with Crippen LogP contribution in [-0.4, -0.2) is 10.7 Å². The van der Waals surface area contributed by atoms with E-state index in [2.05, 4.69) is 9.98 Å². The number of nitrogens with zero attached hydrogens (tertiary/aromatic N) is 2. The van der Waals surface area contributed by atoms with Gasteiger partial charge in [0, 0.05) is 18.2 Å². The summed E-state index contributed by atoms with van der Waals surface area (Å²) in [7, 11) is 0. The van der Waals surface area contributed by atoms with Gasteiger partial charge < -0.3 is 0 Å². The predicted octanol–water partition coefficient (Wildman–Crippen LogP) is 4.97. The van der Waals surface area contributed by atoms with Gasteiger partial charge in [-0.1, -0.05) is 18.2 Å². The van der Waals surface area contributed by atoms with Crippen molar-refractivity contribution in [2.75, 3.05) is 0 Å². The third-order valence-corrected chi connectivity index (χ3v) is 4.37. The van der Waals surface area contributed by atoms with E-state index in [-0.39, 0.29) is 0 Å². The second-order valence-electron chi connectivity index (χ2n) is 6.19. The first-order chi connectivity index (χ1) is 12.7. The zero-order chi connectivity index (χ0) is 17.9. The Labute approximate surface area is 150 Å². The van der Waals surface area contributed by atoms with Crippen LogP contribution in [0.3, 0.4) is 0 Å². The average Bonchev–Trinajstić information content (AvgIpc) is 3.06. The van der Waals surface area contributed by atoms with Crippen molar-refractivity contribution in [3.8, 4) is 0 Å². The third kappa shape index (κ3) is 3.45. The van der Waals surface area contributed by atoms with Crippen LogP contribution in [0.5, 0.6) is 0 Å². The molecule has 2 heterocycles. The van der Waals surface area contributed by atoms with Gasteiger partial charge >= 0.3 is 0 Å². The van der Waals surface area contributed by atoms with Crippen LogP contribution in [0.4, 0.5) is 8.78 Å². The number of pyridine rings is 1. The van der Waals surface area contributed by atoms with Gasteiger partial charge in [0.15, 0.2) is 0 Å². The van der Waals surface area contributed by atoms with Gasteiger partial charge in [-0.25, -0.2) is 8.78 Å². The summed E-state index contributed by atoms with van der Waals surface area (Å²) in [6.07, 6.45) is 5.96. The summed E-state index contributed by atoms with van der Waals surface area (Å²) < 4.78 is 27.3. The van der Waals surface area contributed by atoms with Crippen molar-refractivity contribution in [2.24, 2.45) is 4.99 Å². The molecular formula is C22H16F2N2. The first kappa shape index (κ1) is 16.3. The number of hydrogen-bond acceptors (Lipinski definition) is 2. The lowest BCUT2D eigenvalue weighted by Gasteiger charge is -2.07. The summed E-state index contributed by atoms with van der Waals surface area (Å²) in [6.45, 7) is 0.631. The molecule has 4 heteroatoms. The minimum Gasteiger partial charge on any atom is -0.280 e. The summed E-state index contributed by atoms with van der Waals surface area (Å²) in [6, 6.07) is 15.2. The molecule has 0 amide bonds. The topological polar surface area (TPSA) is 25.2 Å². The van der Waals surface area contributed by atoms with Crippen LogP contribution in [0, 0.1) is 11.6 Å². The maximum atomic E-state index is 13.9. The zero-order valence-corrected chi connectivity index (χ0v) is 14.0. The number of hydrogen-bond donors (Lipinski definition) is 0. The van der Waals surface area contributed by atoms with Crippen LogP contribution in [0.2, 0.25) is 0 Å². The highest BCUT2D eigenvalue weighted by atomic mass is 19.1. The number of benzene rings is 2. The molecule has 1 aliphatic rings. The molecule has 0 N–H and O–H groups in total. The Morgan fingerprint density at radius 3 is 2.73 bits per heavy atom. The number of aromatic nitrogens is 1. The molecule has 0 spiro atoms. The van der Waals surface area contributed by atoms with Crippen LogP contribution in [0.15, 0.2) is 71.9 Å². The number of rotatable bonds is 4. The maximum Gasteiger partial charge on any atom is 0.126 e. The smallest absolute Gasteiger partial charge is 0.126 e. The molecule has 4 rings (SSSR count). The fraction of sp³-hybridized carbons (Fsp3) is 0.0909. The van der Waals surface area contributed by atoms with Gasteiger partial charge in [0.25, 0.3) is 0 Å². The lowest BCUT2D eigenvalue weighted by atomic mass is 9.97. The van der Waals surface area contributed by atoms with Crippen LogP contribution in [-0.2, 0) is 13.0 Å². The standard InChI is InChI=1S/C22H16F2N2/c23-18-6-8-21(24)17(13-18)11-15-4-5-16-14-26-22(20(16)12-15)9-7-19-3-1-2-10-25-19/h1-10,12-13H,11,14H2/b9-7+. The molecule has 1 aliphatic heterocycles. The SMILES string of the molecule is Fc1ccc(F)c(Cc2ccc3c(c2)C(/C=C/c2ccccn2)=NC3)c1. The maximum absolute atomic E-state index is 13.9. The number of fused-ring (bicyclic) bond motifs is 1. The molecule has 1 aromatic heterocycles. The van der Waals surface area contributed by atoms with E-state index in [1.165, 1.54) is 12.1 Å². The van der Waals surface area contributed by atoms with E-state index < -0.39 is 11.6 Å². The normalized spacial score (nSPS) is 13.1. The van der Waals surface area contributed by atoms with Gasteiger partial charge in [-0.2, -0.15) is 0 Å². The highest BCUT2D eigenvalue weighted by Crippen LogP contribution is 2.24.